The van der Waals surface area contributed by atoms with Gasteiger partial charge in [-0.3, -0.25) is 0 Å². The molecule has 0 amide bonds. The summed E-state index contributed by atoms with van der Waals surface area (Å²) in [6, 6.07) is 5.88. The maximum Gasteiger partial charge on any atom is 0.0818 e. The van der Waals surface area contributed by atoms with Gasteiger partial charge in [-0.15, -0.1) is 0 Å². The fraction of sp³-hybridized carbons (Fsp3) is 0.625. The lowest BCUT2D eigenvalue weighted by atomic mass is 9.73. The number of aliphatic hydroxyl groups excluding tert-OH is 1. The molecule has 0 aromatic heterocycles. The van der Waals surface area contributed by atoms with Crippen LogP contribution in [0.3, 0.4) is 0 Å². The Balaban J connectivity index is 2.11. The van der Waals surface area contributed by atoms with Crippen LogP contribution in [0.5, 0.6) is 0 Å². The van der Waals surface area contributed by atoms with E-state index in [-0.39, 0.29) is 6.10 Å². The minimum Gasteiger partial charge on any atom is -0.388 e. The summed E-state index contributed by atoms with van der Waals surface area (Å²) in [5.74, 6) is 1.91. The topological polar surface area (TPSA) is 20.2 Å². The van der Waals surface area contributed by atoms with Gasteiger partial charge in [-0.2, -0.15) is 0 Å². The lowest BCUT2D eigenvalue weighted by Crippen LogP contribution is -2.25. The molecule has 0 bridgehead atoms. The molecule has 2 heteroatoms. The molecule has 0 aliphatic heterocycles. The molecule has 1 aromatic carbocycles. The van der Waals surface area contributed by atoms with Crippen LogP contribution in [0, 0.1) is 24.7 Å². The zero-order valence-electron chi connectivity index (χ0n) is 11.5. The molecule has 18 heavy (non-hydrogen) atoms. The van der Waals surface area contributed by atoms with Gasteiger partial charge in [-0.05, 0) is 54.7 Å². The molecule has 0 saturated heterocycles. The molecule has 1 saturated carbocycles. The summed E-state index contributed by atoms with van der Waals surface area (Å²) >= 11 is 6.03. The van der Waals surface area contributed by atoms with Crippen molar-refractivity contribution in [3.8, 4) is 0 Å². The van der Waals surface area contributed by atoms with Crippen molar-refractivity contribution in [3.05, 3.63) is 34.3 Å². The van der Waals surface area contributed by atoms with E-state index < -0.39 is 0 Å². The first-order chi connectivity index (χ1) is 8.49. The first kappa shape index (κ1) is 13.9. The quantitative estimate of drug-likeness (QED) is 0.819. The molecule has 1 aromatic rings. The smallest absolute Gasteiger partial charge is 0.0818 e. The van der Waals surface area contributed by atoms with E-state index in [1.54, 1.807) is 0 Å². The molecule has 0 heterocycles. The van der Waals surface area contributed by atoms with Crippen LogP contribution in [0.15, 0.2) is 18.2 Å². The lowest BCUT2D eigenvalue weighted by molar-refractivity contribution is 0.0561. The molecular formula is C16H23ClO. The summed E-state index contributed by atoms with van der Waals surface area (Å²) in [6.45, 7) is 6.61. The van der Waals surface area contributed by atoms with E-state index in [1.165, 1.54) is 6.42 Å². The second-order valence-electron chi connectivity index (χ2n) is 5.98. The van der Waals surface area contributed by atoms with Crippen LogP contribution in [0.1, 0.15) is 50.3 Å². The van der Waals surface area contributed by atoms with Crippen LogP contribution in [0.25, 0.3) is 0 Å². The van der Waals surface area contributed by atoms with E-state index in [1.807, 2.05) is 25.1 Å². The van der Waals surface area contributed by atoms with Gasteiger partial charge in [0.25, 0.3) is 0 Å². The zero-order valence-corrected chi connectivity index (χ0v) is 12.2. The average Bonchev–Trinajstić information content (AvgIpc) is 2.35. The Bertz CT molecular complexity index is 416. The van der Waals surface area contributed by atoms with Gasteiger partial charge in [0.1, 0.15) is 0 Å². The van der Waals surface area contributed by atoms with Gasteiger partial charge in [-0.1, -0.05) is 44.0 Å². The third kappa shape index (κ3) is 2.89. The van der Waals surface area contributed by atoms with Gasteiger partial charge in [0.05, 0.1) is 6.10 Å². The summed E-state index contributed by atoms with van der Waals surface area (Å²) in [6.07, 6.45) is 3.16. The largest absolute Gasteiger partial charge is 0.388 e. The van der Waals surface area contributed by atoms with E-state index in [0.29, 0.717) is 11.8 Å². The van der Waals surface area contributed by atoms with Crippen molar-refractivity contribution < 1.29 is 5.11 Å². The van der Waals surface area contributed by atoms with E-state index in [9.17, 15) is 5.11 Å². The van der Waals surface area contributed by atoms with E-state index in [2.05, 4.69) is 13.8 Å². The third-order valence-corrected chi connectivity index (χ3v) is 5.03. The summed E-state index contributed by atoms with van der Waals surface area (Å²) in [7, 11) is 0. The third-order valence-electron chi connectivity index (χ3n) is 4.61. The van der Waals surface area contributed by atoms with Crippen molar-refractivity contribution in [1.82, 2.24) is 0 Å². The van der Waals surface area contributed by atoms with Gasteiger partial charge in [0.15, 0.2) is 0 Å². The van der Waals surface area contributed by atoms with Gasteiger partial charge in [0, 0.05) is 5.02 Å². The molecule has 0 spiro atoms. The highest BCUT2D eigenvalue weighted by molar-refractivity contribution is 6.31. The van der Waals surface area contributed by atoms with E-state index in [0.717, 1.165) is 34.9 Å². The van der Waals surface area contributed by atoms with Crippen LogP contribution in [-0.2, 0) is 0 Å². The molecule has 100 valence electrons. The molecule has 0 radical (unpaired) electrons. The summed E-state index contributed by atoms with van der Waals surface area (Å²) in [5, 5.41) is 11.3. The minimum absolute atomic E-state index is 0.337. The van der Waals surface area contributed by atoms with Crippen LogP contribution in [-0.4, -0.2) is 5.11 Å². The highest BCUT2D eigenvalue weighted by atomic mass is 35.5. The lowest BCUT2D eigenvalue weighted by Gasteiger charge is -2.34. The second kappa shape index (κ2) is 5.63. The summed E-state index contributed by atoms with van der Waals surface area (Å²) in [5.41, 5.74) is 2.06. The van der Waals surface area contributed by atoms with Crippen LogP contribution in [0.4, 0.5) is 0 Å². The monoisotopic (exact) mass is 266 g/mol. The van der Waals surface area contributed by atoms with Gasteiger partial charge in [-0.25, -0.2) is 0 Å². The Labute approximate surface area is 115 Å². The average molecular weight is 267 g/mol. The fourth-order valence-electron chi connectivity index (χ4n) is 3.00. The molecule has 1 aliphatic rings. The van der Waals surface area contributed by atoms with Gasteiger partial charge >= 0.3 is 0 Å². The fourth-order valence-corrected chi connectivity index (χ4v) is 3.12. The molecule has 2 rings (SSSR count). The molecule has 1 aliphatic carbocycles. The van der Waals surface area contributed by atoms with Crippen LogP contribution in [0.2, 0.25) is 5.02 Å². The highest BCUT2D eigenvalue weighted by Gasteiger charge is 2.29. The predicted molar refractivity (Wildman–Crippen MR) is 76.8 cm³/mol. The van der Waals surface area contributed by atoms with Crippen molar-refractivity contribution in [1.29, 1.82) is 0 Å². The van der Waals surface area contributed by atoms with Crippen LogP contribution < -0.4 is 0 Å². The number of aryl methyl sites for hydroxylation is 1. The zero-order chi connectivity index (χ0) is 13.3. The van der Waals surface area contributed by atoms with Crippen molar-refractivity contribution in [2.45, 2.75) is 46.1 Å². The highest BCUT2D eigenvalue weighted by Crippen LogP contribution is 2.40. The Morgan fingerprint density at radius 3 is 2.56 bits per heavy atom. The second-order valence-corrected chi connectivity index (χ2v) is 6.39. The standard InChI is InChI=1S/C16H23ClO/c1-10-4-5-13(8-11(10)2)16(18)14-6-7-15(17)12(3)9-14/h6-7,9-11,13,16,18H,4-5,8H2,1-3H3. The summed E-state index contributed by atoms with van der Waals surface area (Å²) < 4.78 is 0. The minimum atomic E-state index is -0.337. The first-order valence-electron chi connectivity index (χ1n) is 6.93. The molecule has 1 N–H and O–H groups in total. The first-order valence-corrected chi connectivity index (χ1v) is 7.31. The molecular weight excluding hydrogens is 244 g/mol. The maximum absolute atomic E-state index is 10.5. The Hall–Kier alpha value is -0.530. The predicted octanol–water partition coefficient (Wildman–Crippen LogP) is 4.75. The van der Waals surface area contributed by atoms with Crippen molar-refractivity contribution in [3.63, 3.8) is 0 Å². The maximum atomic E-state index is 10.5. The number of benzene rings is 1. The number of rotatable bonds is 2. The molecule has 4 unspecified atom stereocenters. The van der Waals surface area contributed by atoms with Crippen molar-refractivity contribution in [2.75, 3.05) is 0 Å². The normalized spacial score (nSPS) is 30.2. The van der Waals surface area contributed by atoms with E-state index >= 15 is 0 Å². The Kier molecular flexibility index (Phi) is 4.34. The molecule has 1 fully saturated rings. The number of hydrogen-bond acceptors (Lipinski definition) is 1. The summed E-state index contributed by atoms with van der Waals surface area (Å²) in [4.78, 5) is 0. The van der Waals surface area contributed by atoms with Gasteiger partial charge < -0.3 is 5.11 Å². The van der Waals surface area contributed by atoms with Gasteiger partial charge in [0.2, 0.25) is 0 Å². The van der Waals surface area contributed by atoms with Crippen LogP contribution >= 0.6 is 11.6 Å². The number of halogens is 1. The van der Waals surface area contributed by atoms with Crippen molar-refractivity contribution in [2.24, 2.45) is 17.8 Å². The van der Waals surface area contributed by atoms with E-state index in [4.69, 9.17) is 11.6 Å². The number of aliphatic hydroxyl groups is 1. The SMILES string of the molecule is Cc1cc(C(O)C2CCC(C)C(C)C2)ccc1Cl. The molecule has 4 atom stereocenters. The number of hydrogen-bond donors (Lipinski definition) is 1. The van der Waals surface area contributed by atoms with Crippen molar-refractivity contribution >= 4 is 11.6 Å². The Morgan fingerprint density at radius 2 is 1.94 bits per heavy atom. The Morgan fingerprint density at radius 1 is 1.22 bits per heavy atom. The molecule has 1 nitrogen and oxygen atoms in total.